The van der Waals surface area contributed by atoms with E-state index in [0.717, 1.165) is 5.56 Å². The first-order valence-electron chi connectivity index (χ1n) is 5.64. The molecule has 0 aromatic carbocycles. The van der Waals surface area contributed by atoms with Gasteiger partial charge in [-0.1, -0.05) is 11.6 Å². The first kappa shape index (κ1) is 14.5. The summed E-state index contributed by atoms with van der Waals surface area (Å²) in [5.41, 5.74) is 0.936. The summed E-state index contributed by atoms with van der Waals surface area (Å²) in [5.74, 6) is -0.0449. The smallest absolute Gasteiger partial charge is 0.265 e. The highest BCUT2D eigenvalue weighted by Gasteiger charge is 2.22. The summed E-state index contributed by atoms with van der Waals surface area (Å²) in [6.45, 7) is 6.46. The maximum absolute atomic E-state index is 12.3. The molecule has 1 rings (SSSR count). The Morgan fingerprint density at radius 2 is 2.24 bits per heavy atom. The van der Waals surface area contributed by atoms with Crippen molar-refractivity contribution in [2.75, 3.05) is 13.2 Å². The van der Waals surface area contributed by atoms with E-state index >= 15 is 0 Å². The van der Waals surface area contributed by atoms with Gasteiger partial charge in [-0.3, -0.25) is 4.79 Å². The molecule has 3 nitrogen and oxygen atoms in total. The van der Waals surface area contributed by atoms with Crippen LogP contribution in [0.2, 0.25) is 5.02 Å². The van der Waals surface area contributed by atoms with Crippen LogP contribution in [0, 0.1) is 6.92 Å². The second-order valence-electron chi connectivity index (χ2n) is 4.23. The normalized spacial score (nSPS) is 10.9. The number of hydrogen-bond acceptors (Lipinski definition) is 3. The summed E-state index contributed by atoms with van der Waals surface area (Å²) in [6, 6.07) is 0.104. The molecule has 1 aromatic heterocycles. The fourth-order valence-electron chi connectivity index (χ4n) is 1.54. The Morgan fingerprint density at radius 3 is 2.65 bits per heavy atom. The molecule has 5 heteroatoms. The molecule has 96 valence electrons. The van der Waals surface area contributed by atoms with Gasteiger partial charge in [0.15, 0.2) is 0 Å². The average molecular weight is 276 g/mol. The van der Waals surface area contributed by atoms with Gasteiger partial charge in [0.1, 0.15) is 4.88 Å². The second-order valence-corrected chi connectivity index (χ2v) is 5.49. The molecule has 0 spiro atoms. The fourth-order valence-corrected chi connectivity index (χ4v) is 2.77. The zero-order valence-electron chi connectivity index (χ0n) is 10.4. The highest BCUT2D eigenvalue weighted by atomic mass is 35.5. The molecular weight excluding hydrogens is 258 g/mol. The Labute approximate surface area is 111 Å². The topological polar surface area (TPSA) is 40.5 Å². The molecule has 0 aliphatic rings. The van der Waals surface area contributed by atoms with Gasteiger partial charge in [0.25, 0.3) is 5.91 Å². The van der Waals surface area contributed by atoms with Crippen LogP contribution >= 0.6 is 22.9 Å². The number of aliphatic hydroxyl groups excluding tert-OH is 1. The van der Waals surface area contributed by atoms with Crippen molar-refractivity contribution in [1.82, 2.24) is 4.90 Å². The van der Waals surface area contributed by atoms with Crippen molar-refractivity contribution in [3.63, 3.8) is 0 Å². The molecule has 1 aromatic rings. The van der Waals surface area contributed by atoms with Gasteiger partial charge in [0.05, 0.1) is 5.02 Å². The summed E-state index contributed by atoms with van der Waals surface area (Å²) in [6.07, 6.45) is 0.589. The highest BCUT2D eigenvalue weighted by Crippen LogP contribution is 2.28. The molecule has 0 atom stereocenters. The summed E-state index contributed by atoms with van der Waals surface area (Å²) in [5, 5.41) is 11.3. The largest absolute Gasteiger partial charge is 0.396 e. The van der Waals surface area contributed by atoms with E-state index in [1.54, 1.807) is 4.90 Å². The number of carbonyl (C=O) groups excluding carboxylic acids is 1. The van der Waals surface area contributed by atoms with E-state index in [4.69, 9.17) is 16.7 Å². The van der Waals surface area contributed by atoms with Gasteiger partial charge in [0.2, 0.25) is 0 Å². The minimum absolute atomic E-state index is 0.0449. The Bertz CT molecular complexity index is 390. The van der Waals surface area contributed by atoms with Gasteiger partial charge in [-0.15, -0.1) is 11.3 Å². The van der Waals surface area contributed by atoms with Crippen molar-refractivity contribution in [2.24, 2.45) is 0 Å². The fraction of sp³-hybridized carbons (Fsp3) is 0.583. The quantitative estimate of drug-likeness (QED) is 0.898. The van der Waals surface area contributed by atoms with Crippen molar-refractivity contribution in [3.8, 4) is 0 Å². The van der Waals surface area contributed by atoms with Crippen LogP contribution in [0.1, 0.15) is 35.5 Å². The van der Waals surface area contributed by atoms with Crippen LogP contribution in [0.5, 0.6) is 0 Å². The number of aliphatic hydroxyl groups is 1. The van der Waals surface area contributed by atoms with Crippen molar-refractivity contribution < 1.29 is 9.90 Å². The van der Waals surface area contributed by atoms with Crippen LogP contribution in [-0.2, 0) is 0 Å². The molecule has 0 saturated heterocycles. The van der Waals surface area contributed by atoms with E-state index in [2.05, 4.69) is 0 Å². The molecule has 0 saturated carbocycles. The van der Waals surface area contributed by atoms with Crippen molar-refractivity contribution >= 4 is 28.8 Å². The van der Waals surface area contributed by atoms with Crippen LogP contribution in [0.25, 0.3) is 0 Å². The lowest BCUT2D eigenvalue weighted by atomic mass is 10.2. The third kappa shape index (κ3) is 3.44. The van der Waals surface area contributed by atoms with Crippen LogP contribution in [0.3, 0.4) is 0 Å². The Hall–Kier alpha value is -0.580. The van der Waals surface area contributed by atoms with Gasteiger partial charge in [-0.05, 0) is 38.1 Å². The molecule has 17 heavy (non-hydrogen) atoms. The average Bonchev–Trinajstić information content (AvgIpc) is 2.59. The first-order valence-corrected chi connectivity index (χ1v) is 6.90. The second kappa shape index (κ2) is 6.38. The number of thiophene rings is 1. The Morgan fingerprint density at radius 1 is 1.59 bits per heavy atom. The molecule has 0 aliphatic carbocycles. The van der Waals surface area contributed by atoms with E-state index in [9.17, 15) is 4.79 Å². The summed E-state index contributed by atoms with van der Waals surface area (Å²) in [7, 11) is 0. The third-order valence-corrected chi connectivity index (χ3v) is 4.22. The molecule has 1 amide bonds. The van der Waals surface area contributed by atoms with Crippen LogP contribution < -0.4 is 0 Å². The predicted molar refractivity (Wildman–Crippen MR) is 71.9 cm³/mol. The highest BCUT2D eigenvalue weighted by molar-refractivity contribution is 7.13. The lowest BCUT2D eigenvalue weighted by molar-refractivity contribution is 0.0698. The van der Waals surface area contributed by atoms with E-state index in [0.29, 0.717) is 22.9 Å². The van der Waals surface area contributed by atoms with Crippen molar-refractivity contribution in [3.05, 3.63) is 20.8 Å². The summed E-state index contributed by atoms with van der Waals surface area (Å²) >= 11 is 7.48. The maximum atomic E-state index is 12.3. The summed E-state index contributed by atoms with van der Waals surface area (Å²) in [4.78, 5) is 14.6. The molecule has 1 N–H and O–H groups in total. The number of nitrogens with zero attached hydrogens (tertiary/aromatic N) is 1. The zero-order chi connectivity index (χ0) is 13.0. The molecule has 1 heterocycles. The van der Waals surface area contributed by atoms with Crippen LogP contribution in [0.15, 0.2) is 5.38 Å². The SMILES string of the molecule is Cc1csc(C(=O)N(CCCO)C(C)C)c1Cl. The molecular formula is C12H18ClNO2S. The first-order chi connectivity index (χ1) is 7.99. The summed E-state index contributed by atoms with van der Waals surface area (Å²) < 4.78 is 0. The van der Waals surface area contributed by atoms with Gasteiger partial charge in [-0.25, -0.2) is 0 Å². The molecule has 0 fully saturated rings. The minimum Gasteiger partial charge on any atom is -0.396 e. The molecule has 0 unspecified atom stereocenters. The third-order valence-electron chi connectivity index (χ3n) is 2.53. The Balaban J connectivity index is 2.88. The Kier molecular flexibility index (Phi) is 5.43. The van der Waals surface area contributed by atoms with Crippen molar-refractivity contribution in [1.29, 1.82) is 0 Å². The number of rotatable bonds is 5. The molecule has 0 radical (unpaired) electrons. The van der Waals surface area contributed by atoms with Gasteiger partial charge >= 0.3 is 0 Å². The van der Waals surface area contributed by atoms with E-state index in [1.807, 2.05) is 26.2 Å². The van der Waals surface area contributed by atoms with Crippen LogP contribution in [-0.4, -0.2) is 35.1 Å². The van der Waals surface area contributed by atoms with Crippen molar-refractivity contribution in [2.45, 2.75) is 33.2 Å². The standard InChI is InChI=1S/C12H18ClNO2S/c1-8(2)14(5-4-6-15)12(16)11-10(13)9(3)7-17-11/h7-8,15H,4-6H2,1-3H3. The molecule has 0 aliphatic heterocycles. The minimum atomic E-state index is -0.0449. The van der Waals surface area contributed by atoms with E-state index in [1.165, 1.54) is 11.3 Å². The number of amides is 1. The number of hydrogen-bond donors (Lipinski definition) is 1. The maximum Gasteiger partial charge on any atom is 0.265 e. The number of aryl methyl sites for hydroxylation is 1. The van der Waals surface area contributed by atoms with Gasteiger partial charge < -0.3 is 10.0 Å². The lowest BCUT2D eigenvalue weighted by Gasteiger charge is -2.26. The van der Waals surface area contributed by atoms with Crippen LogP contribution in [0.4, 0.5) is 0 Å². The zero-order valence-corrected chi connectivity index (χ0v) is 11.9. The van der Waals surface area contributed by atoms with Gasteiger partial charge in [-0.2, -0.15) is 0 Å². The molecule has 0 bridgehead atoms. The lowest BCUT2D eigenvalue weighted by Crippen LogP contribution is -2.37. The monoisotopic (exact) mass is 275 g/mol. The van der Waals surface area contributed by atoms with E-state index < -0.39 is 0 Å². The number of carbonyl (C=O) groups is 1. The predicted octanol–water partition coefficient (Wildman–Crippen LogP) is 2.94. The number of halogens is 1. The van der Waals surface area contributed by atoms with E-state index in [-0.39, 0.29) is 18.6 Å². The van der Waals surface area contributed by atoms with Gasteiger partial charge in [0, 0.05) is 19.2 Å².